The standard InChI is InChI=1S/C39H67NO5/c1-3-5-7-9-11-12-13-14-15-16-17-18-19-20-22-24-30-34-39(44)45-36(31-27-23-21-10-8-6-4-2)32-28-25-26-29-33-37(41)40-35-38(42)43/h10-12,14-15,21,27,31,36H,3-9,13,16-20,22-26,28-30,32-35H2,1-2H3,(H,40,41)(H,42,43)/b12-11-,15-14-,21-10-,31-27-. The number of aliphatic carboxylic acids is 1. The maximum absolute atomic E-state index is 12.6. The van der Waals surface area contributed by atoms with Gasteiger partial charge in [0.05, 0.1) is 0 Å². The van der Waals surface area contributed by atoms with Gasteiger partial charge in [-0.1, -0.05) is 127 Å². The van der Waals surface area contributed by atoms with E-state index in [2.05, 4.69) is 61.7 Å². The summed E-state index contributed by atoms with van der Waals surface area (Å²) >= 11 is 0. The zero-order valence-corrected chi connectivity index (χ0v) is 29.0. The zero-order valence-electron chi connectivity index (χ0n) is 29.0. The Hall–Kier alpha value is -2.63. The number of unbranched alkanes of at least 4 members (excludes halogenated alkanes) is 15. The number of rotatable bonds is 32. The molecule has 1 amide bonds. The van der Waals surface area contributed by atoms with E-state index >= 15 is 0 Å². The lowest BCUT2D eigenvalue weighted by atomic mass is 10.1. The predicted octanol–water partition coefficient (Wildman–Crippen LogP) is 10.7. The van der Waals surface area contributed by atoms with E-state index in [1.165, 1.54) is 77.0 Å². The third kappa shape index (κ3) is 34.1. The molecule has 0 heterocycles. The molecule has 258 valence electrons. The fraction of sp³-hybridized carbons (Fsp3) is 0.718. The number of esters is 1. The number of hydrogen-bond acceptors (Lipinski definition) is 4. The summed E-state index contributed by atoms with van der Waals surface area (Å²) < 4.78 is 5.84. The maximum atomic E-state index is 12.6. The minimum Gasteiger partial charge on any atom is -0.480 e. The van der Waals surface area contributed by atoms with Crippen molar-refractivity contribution in [2.75, 3.05) is 6.54 Å². The number of carbonyl (C=O) groups excluding carboxylic acids is 2. The molecule has 0 fully saturated rings. The number of ether oxygens (including phenoxy) is 1. The molecular formula is C39H67NO5. The van der Waals surface area contributed by atoms with Crippen molar-refractivity contribution in [2.24, 2.45) is 0 Å². The van der Waals surface area contributed by atoms with Gasteiger partial charge in [0.15, 0.2) is 0 Å². The summed E-state index contributed by atoms with van der Waals surface area (Å²) in [5.74, 6) is -1.37. The van der Waals surface area contributed by atoms with Gasteiger partial charge in [0.25, 0.3) is 0 Å². The summed E-state index contributed by atoms with van der Waals surface area (Å²) in [6.07, 6.45) is 42.5. The SMILES string of the molecule is CCCC/C=C\C/C=C\C(CCCCCCC(=O)NCC(=O)O)OC(=O)CCCCCCCCC/C=C\C/C=C\CCCCC. The number of hydrogen-bond donors (Lipinski definition) is 2. The van der Waals surface area contributed by atoms with Crippen LogP contribution in [0.4, 0.5) is 0 Å². The number of allylic oxidation sites excluding steroid dienone is 7. The molecular weight excluding hydrogens is 562 g/mol. The predicted molar refractivity (Wildman–Crippen MR) is 189 cm³/mol. The van der Waals surface area contributed by atoms with Crippen molar-refractivity contribution in [3.63, 3.8) is 0 Å². The highest BCUT2D eigenvalue weighted by Crippen LogP contribution is 2.15. The topological polar surface area (TPSA) is 92.7 Å². The molecule has 6 heteroatoms. The Kier molecular flexibility index (Phi) is 32.2. The highest BCUT2D eigenvalue weighted by Gasteiger charge is 2.11. The average Bonchev–Trinajstić information content (AvgIpc) is 3.02. The van der Waals surface area contributed by atoms with Crippen LogP contribution < -0.4 is 5.32 Å². The first-order valence-electron chi connectivity index (χ1n) is 18.3. The van der Waals surface area contributed by atoms with Crippen molar-refractivity contribution in [3.05, 3.63) is 48.6 Å². The second-order valence-electron chi connectivity index (χ2n) is 12.1. The van der Waals surface area contributed by atoms with Gasteiger partial charge in [-0.25, -0.2) is 0 Å². The van der Waals surface area contributed by atoms with Crippen molar-refractivity contribution in [1.82, 2.24) is 5.32 Å². The van der Waals surface area contributed by atoms with Crippen LogP contribution in [0.15, 0.2) is 48.6 Å². The van der Waals surface area contributed by atoms with Gasteiger partial charge in [-0.05, 0) is 76.7 Å². The number of amides is 1. The Morgan fingerprint density at radius 2 is 1.11 bits per heavy atom. The molecule has 1 unspecified atom stereocenters. The summed E-state index contributed by atoms with van der Waals surface area (Å²) in [5, 5.41) is 11.0. The van der Waals surface area contributed by atoms with Crippen molar-refractivity contribution >= 4 is 17.8 Å². The van der Waals surface area contributed by atoms with E-state index in [9.17, 15) is 14.4 Å². The molecule has 0 aliphatic carbocycles. The van der Waals surface area contributed by atoms with Gasteiger partial charge in [-0.2, -0.15) is 0 Å². The summed E-state index contributed by atoms with van der Waals surface area (Å²) in [6, 6.07) is 0. The molecule has 0 spiro atoms. The van der Waals surface area contributed by atoms with Crippen LogP contribution in [0.5, 0.6) is 0 Å². The quantitative estimate of drug-likeness (QED) is 0.0439. The number of nitrogens with one attached hydrogen (secondary N) is 1. The van der Waals surface area contributed by atoms with Gasteiger partial charge in [0, 0.05) is 12.8 Å². The van der Waals surface area contributed by atoms with Crippen molar-refractivity contribution < 1.29 is 24.2 Å². The van der Waals surface area contributed by atoms with Crippen LogP contribution in [0.2, 0.25) is 0 Å². The average molecular weight is 630 g/mol. The molecule has 0 aliphatic heterocycles. The second kappa shape index (κ2) is 34.2. The van der Waals surface area contributed by atoms with Crippen molar-refractivity contribution in [2.45, 2.75) is 174 Å². The Morgan fingerprint density at radius 1 is 0.600 bits per heavy atom. The van der Waals surface area contributed by atoms with Gasteiger partial charge in [0.1, 0.15) is 12.6 Å². The molecule has 45 heavy (non-hydrogen) atoms. The highest BCUT2D eigenvalue weighted by atomic mass is 16.5. The van der Waals surface area contributed by atoms with Crippen LogP contribution in [0, 0.1) is 0 Å². The van der Waals surface area contributed by atoms with Crippen LogP contribution in [0.1, 0.15) is 168 Å². The fourth-order valence-electron chi connectivity index (χ4n) is 4.95. The summed E-state index contributed by atoms with van der Waals surface area (Å²) in [4.78, 5) is 34.8. The molecule has 0 aromatic rings. The number of carbonyl (C=O) groups is 3. The number of carboxylic acids is 1. The van der Waals surface area contributed by atoms with Crippen LogP contribution in [-0.4, -0.2) is 35.6 Å². The monoisotopic (exact) mass is 630 g/mol. The van der Waals surface area contributed by atoms with Crippen LogP contribution in [-0.2, 0) is 19.1 Å². The molecule has 0 rings (SSSR count). The largest absolute Gasteiger partial charge is 0.480 e. The van der Waals surface area contributed by atoms with E-state index in [4.69, 9.17) is 9.84 Å². The minimum absolute atomic E-state index is 0.110. The second-order valence-corrected chi connectivity index (χ2v) is 12.1. The maximum Gasteiger partial charge on any atom is 0.322 e. The lowest BCUT2D eigenvalue weighted by Gasteiger charge is -2.14. The molecule has 0 aliphatic rings. The van der Waals surface area contributed by atoms with Crippen LogP contribution in [0.3, 0.4) is 0 Å². The Labute approximate surface area is 276 Å². The fourth-order valence-corrected chi connectivity index (χ4v) is 4.95. The minimum atomic E-state index is -1.03. The molecule has 0 bridgehead atoms. The lowest BCUT2D eigenvalue weighted by molar-refractivity contribution is -0.147. The van der Waals surface area contributed by atoms with E-state index in [1.54, 1.807) is 0 Å². The Bertz CT molecular complexity index is 829. The van der Waals surface area contributed by atoms with Crippen LogP contribution in [0.25, 0.3) is 0 Å². The van der Waals surface area contributed by atoms with E-state index < -0.39 is 5.97 Å². The van der Waals surface area contributed by atoms with Gasteiger partial charge >= 0.3 is 11.9 Å². The molecule has 0 radical (unpaired) electrons. The van der Waals surface area contributed by atoms with E-state index in [-0.39, 0.29) is 24.5 Å². The van der Waals surface area contributed by atoms with E-state index in [1.807, 2.05) is 6.08 Å². The third-order valence-corrected chi connectivity index (χ3v) is 7.71. The summed E-state index contributed by atoms with van der Waals surface area (Å²) in [6.45, 7) is 4.10. The first-order chi connectivity index (χ1) is 22.0. The van der Waals surface area contributed by atoms with Crippen molar-refractivity contribution in [1.29, 1.82) is 0 Å². The molecule has 0 saturated heterocycles. The van der Waals surface area contributed by atoms with E-state index in [0.717, 1.165) is 64.2 Å². The first kappa shape index (κ1) is 42.4. The molecule has 6 nitrogen and oxygen atoms in total. The lowest BCUT2D eigenvalue weighted by Crippen LogP contribution is -2.28. The summed E-state index contributed by atoms with van der Waals surface area (Å²) in [7, 11) is 0. The van der Waals surface area contributed by atoms with Gasteiger partial charge in [-0.15, -0.1) is 0 Å². The molecule has 0 saturated carbocycles. The Morgan fingerprint density at radius 3 is 1.73 bits per heavy atom. The van der Waals surface area contributed by atoms with Crippen LogP contribution >= 0.6 is 0 Å². The number of carboxylic acid groups (broad SMARTS) is 1. The van der Waals surface area contributed by atoms with Crippen molar-refractivity contribution in [3.8, 4) is 0 Å². The first-order valence-corrected chi connectivity index (χ1v) is 18.3. The molecule has 2 N–H and O–H groups in total. The zero-order chi connectivity index (χ0) is 33.1. The molecule has 0 aromatic carbocycles. The Balaban J connectivity index is 4.12. The normalized spacial score (nSPS) is 12.6. The smallest absolute Gasteiger partial charge is 0.322 e. The highest BCUT2D eigenvalue weighted by molar-refractivity contribution is 5.80. The van der Waals surface area contributed by atoms with Gasteiger partial charge in [-0.3, -0.25) is 14.4 Å². The van der Waals surface area contributed by atoms with E-state index in [0.29, 0.717) is 12.8 Å². The molecule has 1 atom stereocenters. The van der Waals surface area contributed by atoms with Gasteiger partial charge < -0.3 is 15.2 Å². The van der Waals surface area contributed by atoms with Gasteiger partial charge in [0.2, 0.25) is 5.91 Å². The summed E-state index contributed by atoms with van der Waals surface area (Å²) in [5.41, 5.74) is 0. The molecule has 0 aromatic heterocycles. The third-order valence-electron chi connectivity index (χ3n) is 7.71.